The van der Waals surface area contributed by atoms with Crippen LogP contribution >= 0.6 is 0 Å². The van der Waals surface area contributed by atoms with Gasteiger partial charge in [0.15, 0.2) is 0 Å². The van der Waals surface area contributed by atoms with E-state index < -0.39 is 18.6 Å². The summed E-state index contributed by atoms with van der Waals surface area (Å²) >= 11 is 0. The number of nitrogens with zero attached hydrogens (tertiary/aromatic N) is 1. The van der Waals surface area contributed by atoms with Crippen molar-refractivity contribution in [2.24, 2.45) is 5.90 Å². The fourth-order valence-electron chi connectivity index (χ4n) is 1.53. The van der Waals surface area contributed by atoms with Crippen LogP contribution in [-0.2, 0) is 9.57 Å². The number of alkyl halides is 3. The van der Waals surface area contributed by atoms with Gasteiger partial charge in [-0.05, 0) is 0 Å². The first kappa shape index (κ1) is 16.2. The van der Waals surface area contributed by atoms with E-state index in [1.807, 2.05) is 5.32 Å². The zero-order valence-electron chi connectivity index (χ0n) is 10.6. The third-order valence-electron chi connectivity index (χ3n) is 2.49. The van der Waals surface area contributed by atoms with Crippen LogP contribution in [0.1, 0.15) is 0 Å². The van der Waals surface area contributed by atoms with Gasteiger partial charge in [-0.15, -0.1) is 0 Å². The molecule has 1 aliphatic rings. The Kier molecular flexibility index (Phi) is 5.77. The van der Waals surface area contributed by atoms with Gasteiger partial charge in [0.1, 0.15) is 12.4 Å². The standard InChI is InChI=1S/C10H16F3N5O2/c11-10(12,13)6-17-5-7(9(15)20-16)8(14)18-1-3-19-4-2-18/h5,14-15,17H,1-4,6,16H2/b7-5+,14-8?,15-9?. The Morgan fingerprint density at radius 2 is 1.95 bits per heavy atom. The Labute approximate surface area is 113 Å². The number of rotatable bonds is 4. The van der Waals surface area contributed by atoms with E-state index in [9.17, 15) is 13.2 Å². The third-order valence-corrected chi connectivity index (χ3v) is 2.49. The van der Waals surface area contributed by atoms with Gasteiger partial charge in [0, 0.05) is 19.3 Å². The van der Waals surface area contributed by atoms with Gasteiger partial charge in [0.25, 0.3) is 0 Å². The van der Waals surface area contributed by atoms with Gasteiger partial charge in [-0.3, -0.25) is 10.8 Å². The molecule has 0 bridgehead atoms. The van der Waals surface area contributed by atoms with Gasteiger partial charge in [0.2, 0.25) is 5.90 Å². The zero-order chi connectivity index (χ0) is 15.2. The van der Waals surface area contributed by atoms with E-state index >= 15 is 0 Å². The highest BCUT2D eigenvalue weighted by atomic mass is 19.4. The van der Waals surface area contributed by atoms with E-state index in [0.29, 0.717) is 26.3 Å². The van der Waals surface area contributed by atoms with E-state index in [0.717, 1.165) is 6.20 Å². The Hall–Kier alpha value is -1.81. The van der Waals surface area contributed by atoms with Crippen LogP contribution in [0, 0.1) is 10.8 Å². The molecule has 0 aromatic rings. The molecule has 0 atom stereocenters. The van der Waals surface area contributed by atoms with E-state index in [1.165, 1.54) is 0 Å². The summed E-state index contributed by atoms with van der Waals surface area (Å²) in [6, 6.07) is 0. The second-order valence-electron chi connectivity index (χ2n) is 3.95. The molecular formula is C10H16F3N5O2. The molecule has 10 heteroatoms. The lowest BCUT2D eigenvalue weighted by Gasteiger charge is -2.29. The van der Waals surface area contributed by atoms with Crippen molar-refractivity contribution in [3.63, 3.8) is 0 Å². The molecule has 0 saturated carbocycles. The second-order valence-corrected chi connectivity index (χ2v) is 3.95. The first-order chi connectivity index (χ1) is 9.35. The van der Waals surface area contributed by atoms with Crippen LogP contribution in [0.25, 0.3) is 0 Å². The first-order valence-electron chi connectivity index (χ1n) is 5.72. The summed E-state index contributed by atoms with van der Waals surface area (Å²) in [5.41, 5.74) is -0.154. The summed E-state index contributed by atoms with van der Waals surface area (Å²) < 4.78 is 41.3. The maximum atomic E-state index is 12.1. The molecule has 0 aromatic carbocycles. The largest absolute Gasteiger partial charge is 0.405 e. The van der Waals surface area contributed by atoms with Gasteiger partial charge in [0.05, 0.1) is 18.8 Å². The smallest absolute Gasteiger partial charge is 0.391 e. The Morgan fingerprint density at radius 3 is 2.45 bits per heavy atom. The average Bonchev–Trinajstić information content (AvgIpc) is 2.42. The van der Waals surface area contributed by atoms with E-state index in [-0.39, 0.29) is 11.4 Å². The fraction of sp³-hybridized carbons (Fsp3) is 0.600. The Bertz CT molecular complexity index is 391. The molecule has 1 fully saturated rings. The predicted molar refractivity (Wildman–Crippen MR) is 65.3 cm³/mol. The van der Waals surface area contributed by atoms with Crippen LogP contribution in [0.2, 0.25) is 0 Å². The number of amidine groups is 1. The van der Waals surface area contributed by atoms with Crippen molar-refractivity contribution < 1.29 is 22.7 Å². The van der Waals surface area contributed by atoms with Crippen LogP contribution in [0.3, 0.4) is 0 Å². The minimum atomic E-state index is -4.39. The number of ether oxygens (including phenoxy) is 1. The quantitative estimate of drug-likeness (QED) is 0.337. The number of hydrogen-bond acceptors (Lipinski definition) is 6. The van der Waals surface area contributed by atoms with E-state index in [4.69, 9.17) is 21.5 Å². The van der Waals surface area contributed by atoms with E-state index in [1.54, 1.807) is 4.90 Å². The number of nitrogens with one attached hydrogen (secondary N) is 3. The summed E-state index contributed by atoms with van der Waals surface area (Å²) in [5, 5.41) is 17.4. The molecule has 0 unspecified atom stereocenters. The number of nitrogens with two attached hydrogens (primary N) is 1. The molecular weight excluding hydrogens is 279 g/mol. The second kappa shape index (κ2) is 7.10. The minimum absolute atomic E-state index is 0.140. The lowest BCUT2D eigenvalue weighted by Crippen LogP contribution is -2.43. The predicted octanol–water partition coefficient (Wildman–Crippen LogP) is 0.199. The van der Waals surface area contributed by atoms with Gasteiger partial charge in [-0.25, -0.2) is 0 Å². The molecule has 1 heterocycles. The molecule has 0 aromatic heterocycles. The molecule has 0 amide bonds. The average molecular weight is 295 g/mol. The molecule has 0 spiro atoms. The Balaban J connectivity index is 2.74. The fourth-order valence-corrected chi connectivity index (χ4v) is 1.53. The normalized spacial score (nSPS) is 16.8. The van der Waals surface area contributed by atoms with Gasteiger partial charge in [-0.1, -0.05) is 0 Å². The number of halogens is 3. The number of morpholine rings is 1. The van der Waals surface area contributed by atoms with E-state index in [2.05, 4.69) is 4.84 Å². The molecule has 0 aliphatic carbocycles. The highest BCUT2D eigenvalue weighted by Crippen LogP contribution is 2.13. The summed E-state index contributed by atoms with van der Waals surface area (Å²) in [6.07, 6.45) is -3.49. The van der Waals surface area contributed by atoms with Crippen LogP contribution in [0.4, 0.5) is 13.2 Å². The molecule has 0 radical (unpaired) electrons. The van der Waals surface area contributed by atoms with Crippen LogP contribution in [0.5, 0.6) is 0 Å². The van der Waals surface area contributed by atoms with Crippen LogP contribution < -0.4 is 11.2 Å². The van der Waals surface area contributed by atoms with Crippen molar-refractivity contribution in [1.29, 1.82) is 10.8 Å². The lowest BCUT2D eigenvalue weighted by atomic mass is 10.2. The van der Waals surface area contributed by atoms with Crippen molar-refractivity contribution in [1.82, 2.24) is 10.2 Å². The molecule has 1 rings (SSSR count). The van der Waals surface area contributed by atoms with Crippen molar-refractivity contribution in [3.05, 3.63) is 11.8 Å². The summed E-state index contributed by atoms with van der Waals surface area (Å²) in [6.45, 7) is 0.357. The zero-order valence-corrected chi connectivity index (χ0v) is 10.6. The van der Waals surface area contributed by atoms with Gasteiger partial charge < -0.3 is 19.8 Å². The summed E-state index contributed by atoms with van der Waals surface area (Å²) in [5.74, 6) is 4.12. The SMILES string of the molecule is N=C(ON)/C(=C/NCC(F)(F)F)C(=N)N1CCOCC1. The van der Waals surface area contributed by atoms with Crippen molar-refractivity contribution in [3.8, 4) is 0 Å². The topological polar surface area (TPSA) is 107 Å². The van der Waals surface area contributed by atoms with Crippen molar-refractivity contribution >= 4 is 11.7 Å². The van der Waals surface area contributed by atoms with Crippen LogP contribution in [0.15, 0.2) is 11.8 Å². The molecule has 1 saturated heterocycles. The minimum Gasteiger partial charge on any atom is -0.391 e. The van der Waals surface area contributed by atoms with Gasteiger partial charge >= 0.3 is 6.18 Å². The van der Waals surface area contributed by atoms with Crippen molar-refractivity contribution in [2.75, 3.05) is 32.8 Å². The maximum absolute atomic E-state index is 12.1. The monoisotopic (exact) mass is 295 g/mol. The first-order valence-corrected chi connectivity index (χ1v) is 5.72. The molecule has 5 N–H and O–H groups in total. The van der Waals surface area contributed by atoms with Crippen molar-refractivity contribution in [2.45, 2.75) is 6.18 Å². The Morgan fingerprint density at radius 1 is 1.35 bits per heavy atom. The molecule has 7 nitrogen and oxygen atoms in total. The molecule has 20 heavy (non-hydrogen) atoms. The maximum Gasteiger partial charge on any atom is 0.405 e. The lowest BCUT2D eigenvalue weighted by molar-refractivity contribution is -0.122. The third kappa shape index (κ3) is 5.05. The summed E-state index contributed by atoms with van der Waals surface area (Å²) in [4.78, 5) is 5.77. The summed E-state index contributed by atoms with van der Waals surface area (Å²) in [7, 11) is 0. The number of hydrogen-bond donors (Lipinski definition) is 4. The molecule has 1 aliphatic heterocycles. The van der Waals surface area contributed by atoms with Gasteiger partial charge in [-0.2, -0.15) is 19.1 Å². The highest BCUT2D eigenvalue weighted by Gasteiger charge is 2.27. The molecule has 114 valence electrons. The highest BCUT2D eigenvalue weighted by molar-refractivity contribution is 6.18. The van der Waals surface area contributed by atoms with Crippen LogP contribution in [-0.4, -0.2) is 55.7 Å².